The van der Waals surface area contributed by atoms with Crippen LogP contribution in [0.3, 0.4) is 0 Å². The molecule has 144 valence electrons. The van der Waals surface area contributed by atoms with E-state index in [4.69, 9.17) is 0 Å². The van der Waals surface area contributed by atoms with Crippen molar-refractivity contribution in [3.63, 3.8) is 0 Å². The third-order valence-electron chi connectivity index (χ3n) is 4.62. The van der Waals surface area contributed by atoms with Crippen LogP contribution in [0.15, 0.2) is 30.6 Å². The zero-order valence-electron chi connectivity index (χ0n) is 15.8. The number of carbonyl (C=O) groups is 1. The van der Waals surface area contributed by atoms with Gasteiger partial charge in [-0.3, -0.25) is 9.78 Å². The number of likely N-dealkylation sites (tertiary alicyclic amines) is 1. The van der Waals surface area contributed by atoms with Crippen LogP contribution < -0.4 is 5.32 Å². The third kappa shape index (κ3) is 3.99. The number of aromatic nitrogens is 5. The van der Waals surface area contributed by atoms with E-state index in [2.05, 4.69) is 37.4 Å². The van der Waals surface area contributed by atoms with Gasteiger partial charge in [0.15, 0.2) is 0 Å². The van der Waals surface area contributed by atoms with Gasteiger partial charge >= 0.3 is 0 Å². The molecule has 3 aromatic rings. The summed E-state index contributed by atoms with van der Waals surface area (Å²) in [7, 11) is 0. The number of pyridine rings is 1. The highest BCUT2D eigenvalue weighted by Gasteiger charge is 2.30. The largest absolute Gasteiger partial charge is 0.338 e. The van der Waals surface area contributed by atoms with Crippen molar-refractivity contribution < 1.29 is 4.79 Å². The minimum atomic E-state index is 0.00237. The van der Waals surface area contributed by atoms with Crippen molar-refractivity contribution in [1.82, 2.24) is 30.0 Å². The second-order valence-electron chi connectivity index (χ2n) is 6.71. The summed E-state index contributed by atoms with van der Waals surface area (Å²) in [6, 6.07) is 5.46. The molecule has 1 saturated heterocycles. The highest BCUT2D eigenvalue weighted by molar-refractivity contribution is 7.15. The number of hydrogen-bond donors (Lipinski definition) is 1. The molecule has 0 bridgehead atoms. The molecule has 4 rings (SSSR count). The number of anilines is 2. The van der Waals surface area contributed by atoms with E-state index in [0.717, 1.165) is 34.5 Å². The Morgan fingerprint density at radius 2 is 2.25 bits per heavy atom. The fourth-order valence-corrected chi connectivity index (χ4v) is 3.91. The molecule has 8 nitrogen and oxygen atoms in total. The van der Waals surface area contributed by atoms with Crippen LogP contribution in [-0.2, 0) is 6.42 Å². The summed E-state index contributed by atoms with van der Waals surface area (Å²) in [4.78, 5) is 27.8. The van der Waals surface area contributed by atoms with E-state index in [1.54, 1.807) is 24.5 Å². The van der Waals surface area contributed by atoms with Gasteiger partial charge in [0, 0.05) is 43.2 Å². The van der Waals surface area contributed by atoms with Gasteiger partial charge < -0.3 is 10.2 Å². The Balaban J connectivity index is 1.48. The Morgan fingerprint density at radius 3 is 3.00 bits per heavy atom. The molecule has 0 aliphatic carbocycles. The Hall–Kier alpha value is -2.94. The molecule has 1 aliphatic heterocycles. The van der Waals surface area contributed by atoms with Crippen LogP contribution in [0.2, 0.25) is 0 Å². The summed E-state index contributed by atoms with van der Waals surface area (Å²) in [6.45, 7) is 5.29. The Labute approximate surface area is 167 Å². The zero-order valence-corrected chi connectivity index (χ0v) is 16.6. The summed E-state index contributed by atoms with van der Waals surface area (Å²) in [5.74, 6) is 1.58. The summed E-state index contributed by atoms with van der Waals surface area (Å²) >= 11 is 1.52. The van der Waals surface area contributed by atoms with Gasteiger partial charge in [0.05, 0.1) is 5.56 Å². The van der Waals surface area contributed by atoms with Gasteiger partial charge in [-0.15, -0.1) is 10.2 Å². The van der Waals surface area contributed by atoms with E-state index in [-0.39, 0.29) is 11.8 Å². The minimum Gasteiger partial charge on any atom is -0.338 e. The zero-order chi connectivity index (χ0) is 19.5. The molecule has 0 aromatic carbocycles. The lowest BCUT2D eigenvalue weighted by molar-refractivity contribution is 0.0790. The summed E-state index contributed by atoms with van der Waals surface area (Å²) < 4.78 is 0. The topological polar surface area (TPSA) is 96.8 Å². The maximum Gasteiger partial charge on any atom is 0.255 e. The molecule has 0 radical (unpaired) electrons. The van der Waals surface area contributed by atoms with Crippen molar-refractivity contribution in [1.29, 1.82) is 0 Å². The smallest absolute Gasteiger partial charge is 0.255 e. The molecule has 1 aliphatic rings. The third-order valence-corrected chi connectivity index (χ3v) is 5.61. The molecule has 1 fully saturated rings. The molecule has 0 spiro atoms. The van der Waals surface area contributed by atoms with Crippen molar-refractivity contribution in [2.75, 3.05) is 18.4 Å². The highest BCUT2D eigenvalue weighted by atomic mass is 32.1. The first-order valence-electron chi connectivity index (χ1n) is 9.26. The first kappa shape index (κ1) is 18.4. The number of nitrogens with one attached hydrogen (secondary N) is 1. The molecule has 0 saturated carbocycles. The first-order chi connectivity index (χ1) is 13.6. The van der Waals surface area contributed by atoms with Gasteiger partial charge in [0.25, 0.3) is 5.91 Å². The van der Waals surface area contributed by atoms with Gasteiger partial charge in [0.1, 0.15) is 16.6 Å². The SMILES string of the molecule is CCc1nnc(Nc2cc(C)nc([C@H]3CCN(C(=O)c4cccnc4)C3)n2)s1. The standard InChI is InChI=1S/C19H21N7OS/c1-3-16-24-25-19(28-16)23-15-9-12(2)21-17(22-15)14-6-8-26(11-14)18(27)13-5-4-7-20-10-13/h4-5,7,9-10,14H,3,6,8,11H2,1-2H3,(H,21,22,23,25)/t14-/m0/s1. The fourth-order valence-electron chi connectivity index (χ4n) is 3.22. The van der Waals surface area contributed by atoms with E-state index in [1.807, 2.05) is 17.9 Å². The van der Waals surface area contributed by atoms with Crippen molar-refractivity contribution in [2.24, 2.45) is 0 Å². The van der Waals surface area contributed by atoms with Crippen LogP contribution in [0.1, 0.15) is 46.1 Å². The first-order valence-corrected chi connectivity index (χ1v) is 10.1. The number of aryl methyl sites for hydroxylation is 2. The second kappa shape index (κ2) is 7.97. The number of nitrogens with zero attached hydrogens (tertiary/aromatic N) is 6. The molecule has 1 atom stereocenters. The van der Waals surface area contributed by atoms with Crippen molar-refractivity contribution in [3.8, 4) is 0 Å². The van der Waals surface area contributed by atoms with Crippen LogP contribution in [0.25, 0.3) is 0 Å². The van der Waals surface area contributed by atoms with Crippen molar-refractivity contribution in [2.45, 2.75) is 32.6 Å². The number of rotatable bonds is 5. The second-order valence-corrected chi connectivity index (χ2v) is 7.77. The monoisotopic (exact) mass is 395 g/mol. The summed E-state index contributed by atoms with van der Waals surface area (Å²) in [5.41, 5.74) is 1.49. The highest BCUT2D eigenvalue weighted by Crippen LogP contribution is 2.28. The fraction of sp³-hybridized carbons (Fsp3) is 0.368. The van der Waals surface area contributed by atoms with Crippen LogP contribution in [-0.4, -0.2) is 49.0 Å². The minimum absolute atomic E-state index is 0.00237. The number of hydrogen-bond acceptors (Lipinski definition) is 8. The van der Waals surface area contributed by atoms with Gasteiger partial charge in [-0.2, -0.15) is 0 Å². The molecular weight excluding hydrogens is 374 g/mol. The molecule has 1 N–H and O–H groups in total. The van der Waals surface area contributed by atoms with E-state index in [9.17, 15) is 4.79 Å². The molecule has 1 amide bonds. The maximum atomic E-state index is 12.6. The van der Waals surface area contributed by atoms with Gasteiger partial charge in [-0.05, 0) is 31.9 Å². The van der Waals surface area contributed by atoms with Crippen LogP contribution in [0.4, 0.5) is 10.9 Å². The number of carbonyl (C=O) groups excluding carboxylic acids is 1. The van der Waals surface area contributed by atoms with Crippen molar-refractivity contribution >= 4 is 28.2 Å². The average molecular weight is 395 g/mol. The van der Waals surface area contributed by atoms with Crippen LogP contribution in [0, 0.1) is 6.92 Å². The van der Waals surface area contributed by atoms with E-state index in [0.29, 0.717) is 24.5 Å². The van der Waals surface area contributed by atoms with Crippen LogP contribution in [0.5, 0.6) is 0 Å². The van der Waals surface area contributed by atoms with Crippen LogP contribution >= 0.6 is 11.3 Å². The molecule has 28 heavy (non-hydrogen) atoms. The lowest BCUT2D eigenvalue weighted by Crippen LogP contribution is -2.28. The lowest BCUT2D eigenvalue weighted by atomic mass is 10.1. The summed E-state index contributed by atoms with van der Waals surface area (Å²) in [5, 5.41) is 13.2. The quantitative estimate of drug-likeness (QED) is 0.709. The molecule has 4 heterocycles. The average Bonchev–Trinajstić information content (AvgIpc) is 3.37. The van der Waals surface area contributed by atoms with E-state index in [1.165, 1.54) is 11.3 Å². The van der Waals surface area contributed by atoms with Gasteiger partial charge in [0.2, 0.25) is 5.13 Å². The predicted octanol–water partition coefficient (Wildman–Crippen LogP) is 2.97. The molecule has 3 aromatic heterocycles. The molecular formula is C19H21N7OS. The predicted molar refractivity (Wildman–Crippen MR) is 107 cm³/mol. The Kier molecular flexibility index (Phi) is 5.25. The molecule has 9 heteroatoms. The van der Waals surface area contributed by atoms with Gasteiger partial charge in [-0.25, -0.2) is 9.97 Å². The lowest BCUT2D eigenvalue weighted by Gasteiger charge is -2.16. The summed E-state index contributed by atoms with van der Waals surface area (Å²) in [6.07, 6.45) is 4.97. The normalized spacial score (nSPS) is 16.4. The molecule has 0 unspecified atom stereocenters. The van der Waals surface area contributed by atoms with Crippen molar-refractivity contribution in [3.05, 3.63) is 52.7 Å². The Bertz CT molecular complexity index is 975. The van der Waals surface area contributed by atoms with E-state index < -0.39 is 0 Å². The van der Waals surface area contributed by atoms with E-state index >= 15 is 0 Å². The Morgan fingerprint density at radius 1 is 1.36 bits per heavy atom. The maximum absolute atomic E-state index is 12.6. The number of amides is 1. The van der Waals surface area contributed by atoms with Gasteiger partial charge in [-0.1, -0.05) is 18.3 Å².